The van der Waals surface area contributed by atoms with Crippen molar-refractivity contribution in [2.24, 2.45) is 0 Å². The fraction of sp³-hybridized carbons (Fsp3) is 0.348. The molecular weight excluding hydrogens is 511 g/mol. The number of anilines is 1. The molecule has 2 aliphatic heterocycles. The van der Waals surface area contributed by atoms with Crippen LogP contribution >= 0.6 is 22.6 Å². The lowest BCUT2D eigenvalue weighted by atomic mass is 10.1. The van der Waals surface area contributed by atoms with Crippen molar-refractivity contribution in [3.63, 3.8) is 0 Å². The highest BCUT2D eigenvalue weighted by molar-refractivity contribution is 14.1. The maximum atomic E-state index is 13.2. The summed E-state index contributed by atoms with van der Waals surface area (Å²) in [6.45, 7) is 0.693. The highest BCUT2D eigenvalue weighted by Crippen LogP contribution is 2.27. The number of hydrogen-bond acceptors (Lipinski definition) is 5. The molecule has 2 saturated heterocycles. The summed E-state index contributed by atoms with van der Waals surface area (Å²) in [6.07, 6.45) is 1.55. The Morgan fingerprint density at radius 1 is 1.13 bits per heavy atom. The molecule has 162 valence electrons. The van der Waals surface area contributed by atoms with E-state index in [1.165, 1.54) is 9.80 Å². The third kappa shape index (κ3) is 5.07. The van der Waals surface area contributed by atoms with E-state index < -0.39 is 11.9 Å². The van der Waals surface area contributed by atoms with Crippen LogP contribution in [-0.2, 0) is 19.1 Å². The van der Waals surface area contributed by atoms with Crippen LogP contribution in [-0.4, -0.2) is 54.5 Å². The summed E-state index contributed by atoms with van der Waals surface area (Å²) in [5.74, 6) is -0.472. The Bertz CT molecular complexity index is 944. The molecule has 0 aromatic heterocycles. The molecule has 2 fully saturated rings. The molecule has 3 amide bonds. The van der Waals surface area contributed by atoms with E-state index >= 15 is 0 Å². The van der Waals surface area contributed by atoms with Crippen LogP contribution < -0.4 is 9.64 Å². The average molecular weight is 534 g/mol. The molecule has 4 rings (SSSR count). The van der Waals surface area contributed by atoms with E-state index in [0.29, 0.717) is 18.0 Å². The summed E-state index contributed by atoms with van der Waals surface area (Å²) in [6, 6.07) is 15.3. The van der Waals surface area contributed by atoms with Crippen molar-refractivity contribution in [3.8, 4) is 5.75 Å². The Hall–Kier alpha value is -2.46. The molecule has 0 aliphatic carbocycles. The molecule has 0 bridgehead atoms. The number of rotatable bonds is 7. The van der Waals surface area contributed by atoms with Crippen molar-refractivity contribution in [2.45, 2.75) is 31.4 Å². The minimum Gasteiger partial charge on any atom is -0.484 e. The van der Waals surface area contributed by atoms with Gasteiger partial charge in [0.25, 0.3) is 11.8 Å². The number of ether oxygens (including phenoxy) is 2. The largest absolute Gasteiger partial charge is 0.484 e. The molecule has 0 radical (unpaired) electrons. The summed E-state index contributed by atoms with van der Waals surface area (Å²) in [5, 5.41) is 0. The number of amides is 3. The van der Waals surface area contributed by atoms with Crippen LogP contribution in [0, 0.1) is 3.57 Å². The summed E-state index contributed by atoms with van der Waals surface area (Å²) >= 11 is 2.17. The maximum Gasteiger partial charge on any atom is 0.261 e. The third-order valence-corrected chi connectivity index (χ3v) is 6.15. The fourth-order valence-corrected chi connectivity index (χ4v) is 4.24. The average Bonchev–Trinajstić information content (AvgIpc) is 3.39. The molecule has 2 aromatic rings. The minimum absolute atomic E-state index is 0.0470. The second-order valence-corrected chi connectivity index (χ2v) is 8.79. The van der Waals surface area contributed by atoms with Gasteiger partial charge < -0.3 is 14.4 Å². The van der Waals surface area contributed by atoms with Gasteiger partial charge in [0.05, 0.1) is 18.2 Å². The molecule has 0 N–H and O–H groups in total. The second kappa shape index (κ2) is 9.78. The Balaban J connectivity index is 1.52. The van der Waals surface area contributed by atoms with Gasteiger partial charge in [0.1, 0.15) is 11.8 Å². The normalized spacial score (nSPS) is 20.9. The number of benzene rings is 2. The Morgan fingerprint density at radius 3 is 2.55 bits per heavy atom. The van der Waals surface area contributed by atoms with E-state index in [4.69, 9.17) is 9.47 Å². The Labute approximate surface area is 194 Å². The second-order valence-electron chi connectivity index (χ2n) is 7.55. The molecule has 2 atom stereocenters. The smallest absolute Gasteiger partial charge is 0.261 e. The predicted octanol–water partition coefficient (Wildman–Crippen LogP) is 3.01. The SMILES string of the molecule is O=C1CC(N(CC2CCCO2)C(=O)COc2ccccc2)C(=O)N1c1ccc(I)cc1. The molecule has 2 aromatic carbocycles. The number of carbonyl (C=O) groups is 3. The van der Waals surface area contributed by atoms with Crippen LogP contribution in [0.2, 0.25) is 0 Å². The zero-order valence-electron chi connectivity index (χ0n) is 16.9. The number of nitrogens with zero attached hydrogens (tertiary/aromatic N) is 2. The number of halogens is 1. The highest BCUT2D eigenvalue weighted by atomic mass is 127. The Morgan fingerprint density at radius 2 is 1.87 bits per heavy atom. The lowest BCUT2D eigenvalue weighted by Gasteiger charge is -2.29. The van der Waals surface area contributed by atoms with Crippen LogP contribution in [0.5, 0.6) is 5.75 Å². The van der Waals surface area contributed by atoms with Gasteiger partial charge in [0.15, 0.2) is 6.61 Å². The van der Waals surface area contributed by atoms with E-state index in [1.807, 2.05) is 30.3 Å². The number of imide groups is 1. The molecule has 31 heavy (non-hydrogen) atoms. The zero-order valence-corrected chi connectivity index (χ0v) is 19.1. The molecular formula is C23H23IN2O5. The van der Waals surface area contributed by atoms with Crippen molar-refractivity contribution < 1.29 is 23.9 Å². The highest BCUT2D eigenvalue weighted by Gasteiger charge is 2.45. The summed E-state index contributed by atoms with van der Waals surface area (Å²) < 4.78 is 12.3. The first kappa shape index (κ1) is 21.8. The first-order chi connectivity index (χ1) is 15.0. The Kier molecular flexibility index (Phi) is 6.86. The zero-order chi connectivity index (χ0) is 21.8. The molecule has 2 aliphatic rings. The standard InChI is InChI=1S/C23H23IN2O5/c24-16-8-10-17(11-9-16)26-21(27)13-20(23(26)29)25(14-19-7-4-12-30-19)22(28)15-31-18-5-2-1-3-6-18/h1-3,5-6,8-11,19-20H,4,7,12-15H2. The summed E-state index contributed by atoms with van der Waals surface area (Å²) in [4.78, 5) is 41.7. The van der Waals surface area contributed by atoms with Gasteiger partial charge in [-0.25, -0.2) is 4.90 Å². The van der Waals surface area contributed by atoms with Crippen LogP contribution in [0.3, 0.4) is 0 Å². The van der Waals surface area contributed by atoms with Crippen LogP contribution in [0.15, 0.2) is 54.6 Å². The van der Waals surface area contributed by atoms with Gasteiger partial charge >= 0.3 is 0 Å². The van der Waals surface area contributed by atoms with Gasteiger partial charge in [-0.1, -0.05) is 18.2 Å². The van der Waals surface area contributed by atoms with E-state index in [9.17, 15) is 14.4 Å². The topological polar surface area (TPSA) is 76.1 Å². The van der Waals surface area contributed by atoms with Crippen molar-refractivity contribution in [1.82, 2.24) is 4.90 Å². The minimum atomic E-state index is -0.858. The van der Waals surface area contributed by atoms with Gasteiger partial charge in [-0.05, 0) is 71.8 Å². The van der Waals surface area contributed by atoms with Crippen molar-refractivity contribution in [1.29, 1.82) is 0 Å². The van der Waals surface area contributed by atoms with Crippen LogP contribution in [0.25, 0.3) is 0 Å². The van der Waals surface area contributed by atoms with Gasteiger partial charge in [0.2, 0.25) is 5.91 Å². The van der Waals surface area contributed by atoms with Crippen molar-refractivity contribution >= 4 is 46.0 Å². The van der Waals surface area contributed by atoms with E-state index in [2.05, 4.69) is 22.6 Å². The van der Waals surface area contributed by atoms with Gasteiger partial charge in [-0.2, -0.15) is 0 Å². The fourth-order valence-electron chi connectivity index (χ4n) is 3.88. The molecule has 0 spiro atoms. The number of para-hydroxylation sites is 1. The lowest BCUT2D eigenvalue weighted by Crippen LogP contribution is -2.50. The van der Waals surface area contributed by atoms with E-state index in [-0.39, 0.29) is 37.5 Å². The molecule has 0 saturated carbocycles. The van der Waals surface area contributed by atoms with Crippen molar-refractivity contribution in [2.75, 3.05) is 24.7 Å². The molecule has 7 nitrogen and oxygen atoms in total. The summed E-state index contributed by atoms with van der Waals surface area (Å²) in [7, 11) is 0. The predicted molar refractivity (Wildman–Crippen MR) is 123 cm³/mol. The van der Waals surface area contributed by atoms with Gasteiger partial charge in [-0.15, -0.1) is 0 Å². The summed E-state index contributed by atoms with van der Waals surface area (Å²) in [5.41, 5.74) is 0.517. The first-order valence-electron chi connectivity index (χ1n) is 10.2. The van der Waals surface area contributed by atoms with Crippen molar-refractivity contribution in [3.05, 3.63) is 58.2 Å². The number of hydrogen-bond donors (Lipinski definition) is 0. The monoisotopic (exact) mass is 534 g/mol. The lowest BCUT2D eigenvalue weighted by molar-refractivity contribution is -0.141. The number of carbonyl (C=O) groups excluding carboxylic acids is 3. The molecule has 2 unspecified atom stereocenters. The third-order valence-electron chi connectivity index (χ3n) is 5.43. The van der Waals surface area contributed by atoms with Gasteiger partial charge in [-0.3, -0.25) is 14.4 Å². The van der Waals surface area contributed by atoms with Gasteiger partial charge in [0, 0.05) is 16.7 Å². The quantitative estimate of drug-likeness (QED) is 0.404. The van der Waals surface area contributed by atoms with E-state index in [0.717, 1.165) is 16.4 Å². The van der Waals surface area contributed by atoms with Crippen LogP contribution in [0.4, 0.5) is 5.69 Å². The molecule has 8 heteroatoms. The first-order valence-corrected chi connectivity index (χ1v) is 11.3. The molecule has 2 heterocycles. The maximum absolute atomic E-state index is 13.2. The van der Waals surface area contributed by atoms with Crippen LogP contribution in [0.1, 0.15) is 19.3 Å². The van der Waals surface area contributed by atoms with E-state index in [1.54, 1.807) is 24.3 Å².